The Labute approximate surface area is 91.9 Å². The van der Waals surface area contributed by atoms with Crippen molar-refractivity contribution in [3.8, 4) is 0 Å². The third kappa shape index (κ3) is 2.75. The van der Waals surface area contributed by atoms with Gasteiger partial charge < -0.3 is 15.3 Å². The molecule has 0 heterocycles. The van der Waals surface area contributed by atoms with E-state index in [0.717, 1.165) is 0 Å². The molecule has 16 heavy (non-hydrogen) atoms. The maximum absolute atomic E-state index is 10.6. The predicted octanol–water partition coefficient (Wildman–Crippen LogP) is 0.290. The second-order valence-corrected chi connectivity index (χ2v) is 3.55. The quantitative estimate of drug-likeness (QED) is 0.506. The zero-order chi connectivity index (χ0) is 12.3. The van der Waals surface area contributed by atoms with Crippen LogP contribution in [0.15, 0.2) is 18.2 Å². The van der Waals surface area contributed by atoms with E-state index in [1.807, 2.05) is 0 Å². The molecule has 88 valence electrons. The van der Waals surface area contributed by atoms with Gasteiger partial charge in [-0.25, -0.2) is 0 Å². The lowest BCUT2D eigenvalue weighted by Gasteiger charge is -2.16. The molecule has 6 nitrogen and oxygen atoms in total. The van der Waals surface area contributed by atoms with Gasteiger partial charge in [-0.15, -0.1) is 0 Å². The summed E-state index contributed by atoms with van der Waals surface area (Å²) in [6.45, 7) is 1.04. The molecule has 0 saturated heterocycles. The number of hydrogen-bond donors (Lipinski definition) is 3. The first-order valence-electron chi connectivity index (χ1n) is 4.68. The average Bonchev–Trinajstić information content (AvgIpc) is 2.26. The molecule has 1 aromatic rings. The molecule has 1 aromatic carbocycles. The van der Waals surface area contributed by atoms with Crippen LogP contribution in [0.25, 0.3) is 0 Å². The van der Waals surface area contributed by atoms with Crippen molar-refractivity contribution >= 4 is 5.69 Å². The Kier molecular flexibility index (Phi) is 3.94. The number of aliphatic hydroxyl groups is 3. The molecule has 0 aliphatic heterocycles. The van der Waals surface area contributed by atoms with Crippen molar-refractivity contribution in [2.75, 3.05) is 6.61 Å². The number of rotatable bonds is 4. The van der Waals surface area contributed by atoms with Crippen molar-refractivity contribution in [2.24, 2.45) is 0 Å². The Morgan fingerprint density at radius 2 is 2.00 bits per heavy atom. The van der Waals surface area contributed by atoms with Crippen LogP contribution in [0, 0.1) is 17.0 Å². The summed E-state index contributed by atoms with van der Waals surface area (Å²) >= 11 is 0. The minimum atomic E-state index is -1.35. The smallest absolute Gasteiger partial charge is 0.270 e. The van der Waals surface area contributed by atoms with E-state index < -0.39 is 23.7 Å². The number of hydrogen-bond acceptors (Lipinski definition) is 5. The lowest BCUT2D eigenvalue weighted by Crippen LogP contribution is -2.22. The van der Waals surface area contributed by atoms with Crippen LogP contribution in [0.1, 0.15) is 17.2 Å². The number of aryl methyl sites for hydroxylation is 1. The number of aliphatic hydroxyl groups excluding tert-OH is 3. The normalized spacial score (nSPS) is 14.5. The van der Waals surface area contributed by atoms with E-state index in [1.54, 1.807) is 6.92 Å². The van der Waals surface area contributed by atoms with Gasteiger partial charge >= 0.3 is 0 Å². The molecule has 0 aliphatic rings. The fourth-order valence-electron chi connectivity index (χ4n) is 1.39. The molecule has 0 spiro atoms. The molecule has 0 aromatic heterocycles. The Hall–Kier alpha value is -1.50. The van der Waals surface area contributed by atoms with E-state index in [0.29, 0.717) is 5.56 Å². The Morgan fingerprint density at radius 3 is 2.50 bits per heavy atom. The molecule has 6 heteroatoms. The van der Waals surface area contributed by atoms with E-state index in [1.165, 1.54) is 18.2 Å². The predicted molar refractivity (Wildman–Crippen MR) is 55.9 cm³/mol. The fourth-order valence-corrected chi connectivity index (χ4v) is 1.39. The topological polar surface area (TPSA) is 104 Å². The molecular weight excluding hydrogens is 214 g/mol. The molecule has 0 fully saturated rings. The largest absolute Gasteiger partial charge is 0.394 e. The first-order chi connectivity index (χ1) is 7.45. The Morgan fingerprint density at radius 1 is 1.38 bits per heavy atom. The molecule has 2 unspecified atom stereocenters. The van der Waals surface area contributed by atoms with Crippen molar-refractivity contribution in [3.63, 3.8) is 0 Å². The molecule has 2 atom stereocenters. The Balaban J connectivity index is 3.09. The lowest BCUT2D eigenvalue weighted by atomic mass is 10.0. The summed E-state index contributed by atoms with van der Waals surface area (Å²) in [5.74, 6) is 0. The van der Waals surface area contributed by atoms with Gasteiger partial charge in [-0.3, -0.25) is 10.1 Å². The fraction of sp³-hybridized carbons (Fsp3) is 0.400. The van der Waals surface area contributed by atoms with Crippen LogP contribution in [-0.2, 0) is 0 Å². The van der Waals surface area contributed by atoms with Gasteiger partial charge in [0.25, 0.3) is 5.69 Å². The van der Waals surface area contributed by atoms with Crippen LogP contribution in [-0.4, -0.2) is 33.0 Å². The van der Waals surface area contributed by atoms with Gasteiger partial charge in [0.1, 0.15) is 12.2 Å². The maximum Gasteiger partial charge on any atom is 0.270 e. The van der Waals surface area contributed by atoms with Crippen LogP contribution in [0.2, 0.25) is 0 Å². The second kappa shape index (κ2) is 5.02. The summed E-state index contributed by atoms with van der Waals surface area (Å²) in [5, 5.41) is 38.1. The van der Waals surface area contributed by atoms with E-state index in [-0.39, 0.29) is 11.3 Å². The summed E-state index contributed by atoms with van der Waals surface area (Å²) in [6.07, 6.45) is -2.68. The van der Waals surface area contributed by atoms with Gasteiger partial charge in [-0.1, -0.05) is 6.07 Å². The highest BCUT2D eigenvalue weighted by Crippen LogP contribution is 2.23. The van der Waals surface area contributed by atoms with Gasteiger partial charge in [-0.2, -0.15) is 0 Å². The van der Waals surface area contributed by atoms with E-state index in [2.05, 4.69) is 0 Å². The van der Waals surface area contributed by atoms with Gasteiger partial charge in [-0.05, 0) is 18.1 Å². The third-order valence-corrected chi connectivity index (χ3v) is 2.19. The number of nitro benzene ring substituents is 1. The van der Waals surface area contributed by atoms with Crippen LogP contribution < -0.4 is 0 Å². The monoisotopic (exact) mass is 227 g/mol. The van der Waals surface area contributed by atoms with Gasteiger partial charge in [0, 0.05) is 12.1 Å². The molecule has 1 rings (SSSR count). The number of non-ortho nitro benzene ring substituents is 1. The molecule has 3 N–H and O–H groups in total. The second-order valence-electron chi connectivity index (χ2n) is 3.55. The van der Waals surface area contributed by atoms with Crippen LogP contribution in [0.3, 0.4) is 0 Å². The van der Waals surface area contributed by atoms with Gasteiger partial charge in [0.15, 0.2) is 0 Å². The number of nitro groups is 1. The zero-order valence-corrected chi connectivity index (χ0v) is 8.70. The van der Waals surface area contributed by atoms with Crippen molar-refractivity contribution in [2.45, 2.75) is 19.1 Å². The first-order valence-corrected chi connectivity index (χ1v) is 4.68. The summed E-state index contributed by atoms with van der Waals surface area (Å²) in [7, 11) is 0. The molecule has 0 amide bonds. The summed E-state index contributed by atoms with van der Waals surface area (Å²) < 4.78 is 0. The SMILES string of the molecule is Cc1cc(C(O)C(O)CO)cc([N+](=O)[O-])c1. The van der Waals surface area contributed by atoms with E-state index >= 15 is 0 Å². The van der Waals surface area contributed by atoms with E-state index in [4.69, 9.17) is 5.11 Å². The molecule has 0 radical (unpaired) electrons. The highest BCUT2D eigenvalue weighted by atomic mass is 16.6. The van der Waals surface area contributed by atoms with Crippen molar-refractivity contribution in [1.82, 2.24) is 0 Å². The summed E-state index contributed by atoms with van der Waals surface area (Å²) in [5.41, 5.74) is 0.667. The van der Waals surface area contributed by atoms with Crippen LogP contribution in [0.4, 0.5) is 5.69 Å². The molecular formula is C10H13NO5. The minimum Gasteiger partial charge on any atom is -0.394 e. The Bertz CT molecular complexity index is 393. The van der Waals surface area contributed by atoms with Crippen molar-refractivity contribution < 1.29 is 20.2 Å². The molecule has 0 aliphatic carbocycles. The lowest BCUT2D eigenvalue weighted by molar-refractivity contribution is -0.385. The number of benzene rings is 1. The highest BCUT2D eigenvalue weighted by Gasteiger charge is 2.20. The molecule has 0 saturated carbocycles. The first kappa shape index (κ1) is 12.6. The average molecular weight is 227 g/mol. The van der Waals surface area contributed by atoms with Crippen LogP contribution in [0.5, 0.6) is 0 Å². The molecule has 0 bridgehead atoms. The van der Waals surface area contributed by atoms with Crippen LogP contribution >= 0.6 is 0 Å². The summed E-state index contributed by atoms with van der Waals surface area (Å²) in [6, 6.07) is 4.06. The standard InChI is InChI=1S/C10H13NO5/c1-6-2-7(10(14)9(13)5-12)4-8(3-6)11(15)16/h2-4,9-10,12-14H,5H2,1H3. The van der Waals surface area contributed by atoms with Gasteiger partial charge in [0.2, 0.25) is 0 Å². The highest BCUT2D eigenvalue weighted by molar-refractivity contribution is 5.40. The number of nitrogens with zero attached hydrogens (tertiary/aromatic N) is 1. The zero-order valence-electron chi connectivity index (χ0n) is 8.70. The van der Waals surface area contributed by atoms with Crippen molar-refractivity contribution in [1.29, 1.82) is 0 Å². The maximum atomic E-state index is 10.6. The minimum absolute atomic E-state index is 0.154. The van der Waals surface area contributed by atoms with Gasteiger partial charge in [0.05, 0.1) is 11.5 Å². The van der Waals surface area contributed by atoms with Crippen molar-refractivity contribution in [3.05, 3.63) is 39.4 Å². The summed E-state index contributed by atoms with van der Waals surface area (Å²) in [4.78, 5) is 10.0. The third-order valence-electron chi connectivity index (χ3n) is 2.19. The van der Waals surface area contributed by atoms with E-state index in [9.17, 15) is 20.3 Å².